The standard InChI is InChI=1S/C15H28N2/c1-16-13-7-3-5-9-15(13)17-11-10-12-6-2-4-8-14(12)17/h12-16H,2-11H2,1H3. The quantitative estimate of drug-likeness (QED) is 0.793. The van der Waals surface area contributed by atoms with E-state index in [4.69, 9.17) is 0 Å². The molecule has 0 spiro atoms. The highest BCUT2D eigenvalue weighted by molar-refractivity contribution is 4.97. The zero-order valence-electron chi connectivity index (χ0n) is 11.3. The van der Waals surface area contributed by atoms with Gasteiger partial charge >= 0.3 is 0 Å². The molecule has 4 unspecified atom stereocenters. The Morgan fingerprint density at radius 3 is 2.35 bits per heavy atom. The molecular formula is C15H28N2. The van der Waals surface area contributed by atoms with Crippen LogP contribution in [0.1, 0.15) is 57.8 Å². The fourth-order valence-corrected chi connectivity index (χ4v) is 4.70. The summed E-state index contributed by atoms with van der Waals surface area (Å²) in [5, 5.41) is 3.58. The number of likely N-dealkylation sites (tertiary alicyclic amines) is 1. The molecule has 1 aliphatic heterocycles. The van der Waals surface area contributed by atoms with Crippen molar-refractivity contribution >= 4 is 0 Å². The lowest BCUT2D eigenvalue weighted by Crippen LogP contribution is -2.53. The Kier molecular flexibility index (Phi) is 3.72. The second-order valence-corrected chi connectivity index (χ2v) is 6.39. The molecule has 2 saturated carbocycles. The van der Waals surface area contributed by atoms with E-state index in [0.29, 0.717) is 0 Å². The Morgan fingerprint density at radius 1 is 0.824 bits per heavy atom. The molecule has 4 atom stereocenters. The minimum Gasteiger partial charge on any atom is -0.315 e. The first-order valence-corrected chi connectivity index (χ1v) is 7.83. The molecule has 1 N–H and O–H groups in total. The van der Waals surface area contributed by atoms with Gasteiger partial charge in [0, 0.05) is 18.1 Å². The Morgan fingerprint density at radius 2 is 1.53 bits per heavy atom. The van der Waals surface area contributed by atoms with Gasteiger partial charge in [-0.1, -0.05) is 25.7 Å². The molecule has 0 bridgehead atoms. The first-order valence-electron chi connectivity index (χ1n) is 7.83. The van der Waals surface area contributed by atoms with Crippen LogP contribution >= 0.6 is 0 Å². The van der Waals surface area contributed by atoms with Crippen LogP contribution in [0.2, 0.25) is 0 Å². The monoisotopic (exact) mass is 236 g/mol. The van der Waals surface area contributed by atoms with Gasteiger partial charge < -0.3 is 5.32 Å². The lowest BCUT2D eigenvalue weighted by atomic mass is 9.83. The van der Waals surface area contributed by atoms with Gasteiger partial charge in [0.25, 0.3) is 0 Å². The minimum absolute atomic E-state index is 0.768. The van der Waals surface area contributed by atoms with E-state index in [1.807, 2.05) is 0 Å². The van der Waals surface area contributed by atoms with Crippen LogP contribution in [0.15, 0.2) is 0 Å². The Hall–Kier alpha value is -0.0800. The summed E-state index contributed by atoms with van der Waals surface area (Å²) in [6, 6.07) is 2.56. The van der Waals surface area contributed by atoms with Crippen LogP contribution in [0.3, 0.4) is 0 Å². The SMILES string of the molecule is CNC1CCCCC1N1CCC2CCCCC21. The summed E-state index contributed by atoms with van der Waals surface area (Å²) in [5.74, 6) is 1.04. The molecule has 3 fully saturated rings. The topological polar surface area (TPSA) is 15.3 Å². The van der Waals surface area contributed by atoms with Crippen molar-refractivity contribution in [3.05, 3.63) is 0 Å². The van der Waals surface area contributed by atoms with Gasteiger partial charge in [-0.25, -0.2) is 0 Å². The smallest absolute Gasteiger partial charge is 0.0252 e. The number of rotatable bonds is 2. The second-order valence-electron chi connectivity index (χ2n) is 6.39. The van der Waals surface area contributed by atoms with E-state index in [1.54, 1.807) is 0 Å². The summed E-state index contributed by atoms with van der Waals surface area (Å²) in [6.45, 7) is 1.39. The van der Waals surface area contributed by atoms with Crippen LogP contribution in [0, 0.1) is 5.92 Å². The highest BCUT2D eigenvalue weighted by Gasteiger charge is 2.41. The fourth-order valence-electron chi connectivity index (χ4n) is 4.70. The van der Waals surface area contributed by atoms with Gasteiger partial charge in [0.15, 0.2) is 0 Å². The lowest BCUT2D eigenvalue weighted by Gasteiger charge is -2.43. The van der Waals surface area contributed by atoms with E-state index >= 15 is 0 Å². The number of fused-ring (bicyclic) bond motifs is 1. The van der Waals surface area contributed by atoms with Crippen LogP contribution in [0.5, 0.6) is 0 Å². The fraction of sp³-hybridized carbons (Fsp3) is 1.00. The van der Waals surface area contributed by atoms with Crippen LogP contribution in [-0.4, -0.2) is 36.6 Å². The van der Waals surface area contributed by atoms with Crippen LogP contribution in [-0.2, 0) is 0 Å². The third-order valence-corrected chi connectivity index (χ3v) is 5.58. The van der Waals surface area contributed by atoms with E-state index in [2.05, 4.69) is 17.3 Å². The van der Waals surface area contributed by atoms with Crippen molar-refractivity contribution in [3.8, 4) is 0 Å². The summed E-state index contributed by atoms with van der Waals surface area (Å²) in [7, 11) is 2.16. The molecular weight excluding hydrogens is 208 g/mol. The van der Waals surface area contributed by atoms with E-state index in [1.165, 1.54) is 64.3 Å². The van der Waals surface area contributed by atoms with Crippen molar-refractivity contribution in [1.82, 2.24) is 10.2 Å². The zero-order chi connectivity index (χ0) is 11.7. The molecule has 2 aliphatic carbocycles. The van der Waals surface area contributed by atoms with E-state index in [9.17, 15) is 0 Å². The van der Waals surface area contributed by atoms with Gasteiger partial charge in [-0.05, 0) is 51.6 Å². The predicted octanol–water partition coefficient (Wildman–Crippen LogP) is 2.78. The van der Waals surface area contributed by atoms with Crippen molar-refractivity contribution in [2.24, 2.45) is 5.92 Å². The number of nitrogens with one attached hydrogen (secondary N) is 1. The normalized spacial score (nSPS) is 43.6. The molecule has 1 heterocycles. The Balaban J connectivity index is 1.69. The molecule has 17 heavy (non-hydrogen) atoms. The van der Waals surface area contributed by atoms with Gasteiger partial charge in [-0.15, -0.1) is 0 Å². The maximum atomic E-state index is 3.58. The lowest BCUT2D eigenvalue weighted by molar-refractivity contribution is 0.0852. The maximum absolute atomic E-state index is 3.58. The van der Waals surface area contributed by atoms with Crippen LogP contribution < -0.4 is 5.32 Å². The first kappa shape index (κ1) is 12.0. The molecule has 2 nitrogen and oxygen atoms in total. The van der Waals surface area contributed by atoms with Crippen molar-refractivity contribution in [2.75, 3.05) is 13.6 Å². The van der Waals surface area contributed by atoms with Crippen molar-refractivity contribution in [3.63, 3.8) is 0 Å². The van der Waals surface area contributed by atoms with Gasteiger partial charge in [0.1, 0.15) is 0 Å². The largest absolute Gasteiger partial charge is 0.315 e. The molecule has 0 radical (unpaired) electrons. The van der Waals surface area contributed by atoms with Crippen molar-refractivity contribution < 1.29 is 0 Å². The molecule has 0 amide bonds. The highest BCUT2D eigenvalue weighted by Crippen LogP contribution is 2.39. The summed E-state index contributed by atoms with van der Waals surface area (Å²) in [4.78, 5) is 2.91. The summed E-state index contributed by atoms with van der Waals surface area (Å²) in [6.07, 6.45) is 13.2. The highest BCUT2D eigenvalue weighted by atomic mass is 15.2. The molecule has 3 aliphatic rings. The first-order chi connectivity index (χ1) is 8.40. The molecule has 98 valence electrons. The Bertz CT molecular complexity index is 253. The second kappa shape index (κ2) is 5.27. The summed E-state index contributed by atoms with van der Waals surface area (Å²) in [5.41, 5.74) is 0. The number of hydrogen-bond donors (Lipinski definition) is 1. The molecule has 0 aromatic carbocycles. The van der Waals surface area contributed by atoms with Gasteiger partial charge in [-0.2, -0.15) is 0 Å². The van der Waals surface area contributed by atoms with Gasteiger partial charge in [0.05, 0.1) is 0 Å². The maximum Gasteiger partial charge on any atom is 0.0252 e. The predicted molar refractivity (Wildman–Crippen MR) is 72.2 cm³/mol. The molecule has 1 saturated heterocycles. The van der Waals surface area contributed by atoms with Crippen molar-refractivity contribution in [2.45, 2.75) is 75.9 Å². The van der Waals surface area contributed by atoms with Gasteiger partial charge in [-0.3, -0.25) is 4.90 Å². The zero-order valence-corrected chi connectivity index (χ0v) is 11.3. The average Bonchev–Trinajstić information content (AvgIpc) is 2.82. The summed E-state index contributed by atoms with van der Waals surface area (Å²) >= 11 is 0. The summed E-state index contributed by atoms with van der Waals surface area (Å²) < 4.78 is 0. The third kappa shape index (κ3) is 2.26. The van der Waals surface area contributed by atoms with Gasteiger partial charge in [0.2, 0.25) is 0 Å². The van der Waals surface area contributed by atoms with E-state index in [0.717, 1.165) is 24.0 Å². The van der Waals surface area contributed by atoms with Crippen LogP contribution in [0.25, 0.3) is 0 Å². The number of hydrogen-bond acceptors (Lipinski definition) is 2. The number of nitrogens with zero attached hydrogens (tertiary/aromatic N) is 1. The minimum atomic E-state index is 0.768. The van der Waals surface area contributed by atoms with Crippen molar-refractivity contribution in [1.29, 1.82) is 0 Å². The van der Waals surface area contributed by atoms with Crippen LogP contribution in [0.4, 0.5) is 0 Å². The van der Waals surface area contributed by atoms with E-state index in [-0.39, 0.29) is 0 Å². The Labute approximate surface area is 106 Å². The average molecular weight is 236 g/mol. The van der Waals surface area contributed by atoms with E-state index < -0.39 is 0 Å². The molecule has 0 aromatic rings. The molecule has 2 heteroatoms. The molecule has 0 aromatic heterocycles. The number of likely N-dealkylation sites (N-methyl/N-ethyl adjacent to an activating group) is 1. The third-order valence-electron chi connectivity index (χ3n) is 5.58. The molecule has 3 rings (SSSR count).